The van der Waals surface area contributed by atoms with Gasteiger partial charge in [-0.2, -0.15) is 0 Å². The second-order valence-electron chi connectivity index (χ2n) is 5.90. The fourth-order valence-electron chi connectivity index (χ4n) is 2.32. The normalized spacial score (nSPS) is 12.0. The van der Waals surface area contributed by atoms with Crippen LogP contribution in [0, 0.1) is 6.92 Å². The van der Waals surface area contributed by atoms with Crippen LogP contribution in [0.15, 0.2) is 53.7 Å². The highest BCUT2D eigenvalue weighted by molar-refractivity contribution is 8.00. The number of carbonyl (C=O) groups is 1. The quantitative estimate of drug-likeness (QED) is 0.622. The molecular formula is C19H19ClN4OS. The first-order valence-corrected chi connectivity index (χ1v) is 9.46. The number of amides is 1. The number of aryl methyl sites for hydroxylation is 1. The molecular weight excluding hydrogens is 368 g/mol. The zero-order valence-corrected chi connectivity index (χ0v) is 16.1. The molecule has 0 aliphatic carbocycles. The van der Waals surface area contributed by atoms with Crippen molar-refractivity contribution in [2.24, 2.45) is 0 Å². The van der Waals surface area contributed by atoms with Crippen molar-refractivity contribution in [2.75, 3.05) is 0 Å². The van der Waals surface area contributed by atoms with Crippen molar-refractivity contribution in [3.05, 3.63) is 64.7 Å². The zero-order valence-electron chi connectivity index (χ0n) is 14.5. The first kappa shape index (κ1) is 18.5. The van der Waals surface area contributed by atoms with Crippen molar-refractivity contribution in [1.82, 2.24) is 20.5 Å². The number of hydrogen-bond acceptors (Lipinski definition) is 4. The molecule has 3 rings (SSSR count). The third-order valence-corrected chi connectivity index (χ3v) is 5.18. The molecule has 0 spiro atoms. The van der Waals surface area contributed by atoms with E-state index in [0.29, 0.717) is 22.5 Å². The Bertz CT molecular complexity index is 895. The number of carbonyl (C=O) groups excluding carboxylic acids is 1. The molecule has 3 aromatic rings. The molecule has 0 unspecified atom stereocenters. The third-order valence-electron chi connectivity index (χ3n) is 3.85. The lowest BCUT2D eigenvalue weighted by atomic mass is 10.1. The van der Waals surface area contributed by atoms with Gasteiger partial charge in [-0.1, -0.05) is 71.4 Å². The number of thioether (sulfide) groups is 1. The van der Waals surface area contributed by atoms with E-state index >= 15 is 0 Å². The molecule has 1 heterocycles. The van der Waals surface area contributed by atoms with Gasteiger partial charge in [0.15, 0.2) is 5.82 Å². The van der Waals surface area contributed by atoms with Crippen molar-refractivity contribution in [3.8, 4) is 11.4 Å². The van der Waals surface area contributed by atoms with E-state index in [0.717, 1.165) is 11.1 Å². The molecule has 0 radical (unpaired) electrons. The summed E-state index contributed by atoms with van der Waals surface area (Å²) in [6.07, 6.45) is 0. The molecule has 5 nitrogen and oxygen atoms in total. The molecule has 0 aliphatic heterocycles. The second kappa shape index (κ2) is 8.38. The van der Waals surface area contributed by atoms with Crippen molar-refractivity contribution in [1.29, 1.82) is 0 Å². The van der Waals surface area contributed by atoms with Crippen LogP contribution in [0.3, 0.4) is 0 Å². The maximum Gasteiger partial charge on any atom is 0.233 e. The minimum absolute atomic E-state index is 0.0865. The summed E-state index contributed by atoms with van der Waals surface area (Å²) in [6.45, 7) is 4.26. The van der Waals surface area contributed by atoms with E-state index in [-0.39, 0.29) is 11.2 Å². The summed E-state index contributed by atoms with van der Waals surface area (Å²) in [5, 5.41) is 10.9. The standard InChI is InChI=1S/C19H19ClN4OS/c1-12-7-9-14(10-8-12)17-22-19(24-23-17)26-13(2)18(25)21-11-15-5-3-4-6-16(15)20/h3-10,13H,11H2,1-2H3,(H,21,25)(H,22,23,24)/t13-/m0/s1. The molecule has 0 aliphatic rings. The summed E-state index contributed by atoms with van der Waals surface area (Å²) in [6, 6.07) is 15.5. The summed E-state index contributed by atoms with van der Waals surface area (Å²) in [4.78, 5) is 16.8. The zero-order chi connectivity index (χ0) is 18.5. The summed E-state index contributed by atoms with van der Waals surface area (Å²) < 4.78 is 0. The number of rotatable bonds is 6. The lowest BCUT2D eigenvalue weighted by Gasteiger charge is -2.11. The Labute approximate surface area is 161 Å². The number of aromatic amines is 1. The van der Waals surface area contributed by atoms with Gasteiger partial charge in [0.1, 0.15) is 0 Å². The average Bonchev–Trinajstić information content (AvgIpc) is 3.09. The number of aromatic nitrogens is 3. The average molecular weight is 387 g/mol. The highest BCUT2D eigenvalue weighted by Gasteiger charge is 2.17. The topological polar surface area (TPSA) is 70.7 Å². The Kier molecular flexibility index (Phi) is 5.96. The lowest BCUT2D eigenvalue weighted by Crippen LogP contribution is -2.30. The van der Waals surface area contributed by atoms with Crippen LogP contribution in [-0.4, -0.2) is 26.3 Å². The van der Waals surface area contributed by atoms with E-state index in [1.165, 1.54) is 17.3 Å². The van der Waals surface area contributed by atoms with Gasteiger partial charge < -0.3 is 5.32 Å². The Hall–Kier alpha value is -2.31. The molecule has 134 valence electrons. The van der Waals surface area contributed by atoms with Gasteiger partial charge in [-0.15, -0.1) is 5.10 Å². The number of nitrogens with zero attached hydrogens (tertiary/aromatic N) is 2. The van der Waals surface area contributed by atoms with Gasteiger partial charge in [0.05, 0.1) is 5.25 Å². The predicted molar refractivity (Wildman–Crippen MR) is 105 cm³/mol. The Balaban J connectivity index is 1.57. The van der Waals surface area contributed by atoms with Crippen molar-refractivity contribution >= 4 is 29.3 Å². The smallest absolute Gasteiger partial charge is 0.233 e. The van der Waals surface area contributed by atoms with Crippen LogP contribution in [0.2, 0.25) is 5.02 Å². The van der Waals surface area contributed by atoms with Crippen LogP contribution in [0.1, 0.15) is 18.1 Å². The summed E-state index contributed by atoms with van der Waals surface area (Å²) in [5.41, 5.74) is 3.04. The molecule has 1 aromatic heterocycles. The van der Waals surface area contributed by atoms with Gasteiger partial charge in [-0.3, -0.25) is 9.89 Å². The minimum atomic E-state index is -0.320. The number of halogens is 1. The molecule has 0 saturated heterocycles. The molecule has 0 bridgehead atoms. The van der Waals surface area contributed by atoms with Gasteiger partial charge >= 0.3 is 0 Å². The highest BCUT2D eigenvalue weighted by Crippen LogP contribution is 2.23. The van der Waals surface area contributed by atoms with Crippen LogP contribution in [0.4, 0.5) is 0 Å². The largest absolute Gasteiger partial charge is 0.351 e. The lowest BCUT2D eigenvalue weighted by molar-refractivity contribution is -0.120. The monoisotopic (exact) mass is 386 g/mol. The molecule has 2 aromatic carbocycles. The van der Waals surface area contributed by atoms with Crippen molar-refractivity contribution in [3.63, 3.8) is 0 Å². The number of hydrogen-bond donors (Lipinski definition) is 2. The Morgan fingerprint density at radius 2 is 1.96 bits per heavy atom. The van der Waals surface area contributed by atoms with Crippen LogP contribution in [-0.2, 0) is 11.3 Å². The van der Waals surface area contributed by atoms with E-state index in [4.69, 9.17) is 11.6 Å². The van der Waals surface area contributed by atoms with E-state index in [9.17, 15) is 4.79 Å². The van der Waals surface area contributed by atoms with E-state index in [2.05, 4.69) is 20.5 Å². The van der Waals surface area contributed by atoms with Crippen LogP contribution < -0.4 is 5.32 Å². The Morgan fingerprint density at radius 3 is 2.69 bits per heavy atom. The van der Waals surface area contributed by atoms with Crippen molar-refractivity contribution in [2.45, 2.75) is 30.8 Å². The number of H-pyrrole nitrogens is 1. The first-order chi connectivity index (χ1) is 12.5. The molecule has 1 atom stereocenters. The Morgan fingerprint density at radius 1 is 1.23 bits per heavy atom. The second-order valence-corrected chi connectivity index (χ2v) is 7.62. The molecule has 7 heteroatoms. The van der Waals surface area contributed by atoms with Gasteiger partial charge in [0.2, 0.25) is 11.1 Å². The summed E-state index contributed by atoms with van der Waals surface area (Å²) in [7, 11) is 0. The van der Waals surface area contributed by atoms with Gasteiger partial charge in [-0.05, 0) is 25.5 Å². The molecule has 2 N–H and O–H groups in total. The maximum absolute atomic E-state index is 12.3. The maximum atomic E-state index is 12.3. The van der Waals surface area contributed by atoms with E-state index in [1.807, 2.05) is 62.4 Å². The molecule has 0 saturated carbocycles. The molecule has 0 fully saturated rings. The third kappa shape index (κ3) is 4.65. The number of nitrogens with one attached hydrogen (secondary N) is 2. The predicted octanol–water partition coefficient (Wildman–Crippen LogP) is 4.23. The summed E-state index contributed by atoms with van der Waals surface area (Å²) in [5.74, 6) is 0.604. The van der Waals surface area contributed by atoms with Crippen molar-refractivity contribution < 1.29 is 4.79 Å². The van der Waals surface area contributed by atoms with Crippen LogP contribution in [0.5, 0.6) is 0 Å². The first-order valence-electron chi connectivity index (χ1n) is 8.20. The van der Waals surface area contributed by atoms with E-state index < -0.39 is 0 Å². The SMILES string of the molecule is Cc1ccc(-c2nc(S[C@@H](C)C(=O)NCc3ccccc3Cl)n[nH]2)cc1. The fourth-order valence-corrected chi connectivity index (χ4v) is 3.27. The molecule has 1 amide bonds. The number of benzene rings is 2. The van der Waals surface area contributed by atoms with Gasteiger partial charge in [0.25, 0.3) is 0 Å². The van der Waals surface area contributed by atoms with Gasteiger partial charge in [-0.25, -0.2) is 4.98 Å². The highest BCUT2D eigenvalue weighted by atomic mass is 35.5. The van der Waals surface area contributed by atoms with Gasteiger partial charge in [0, 0.05) is 17.1 Å². The summed E-state index contributed by atoms with van der Waals surface area (Å²) >= 11 is 7.42. The minimum Gasteiger partial charge on any atom is -0.351 e. The molecule has 26 heavy (non-hydrogen) atoms. The van der Waals surface area contributed by atoms with Crippen LogP contribution >= 0.6 is 23.4 Å². The van der Waals surface area contributed by atoms with E-state index in [1.54, 1.807) is 0 Å². The van der Waals surface area contributed by atoms with Crippen LogP contribution in [0.25, 0.3) is 11.4 Å². The fraction of sp³-hybridized carbons (Fsp3) is 0.211.